The molecule has 1 heterocycles. The van der Waals surface area contributed by atoms with Crippen LogP contribution in [0.25, 0.3) is 11.0 Å². The van der Waals surface area contributed by atoms with Gasteiger partial charge in [0.2, 0.25) is 0 Å². The Labute approximate surface area is 117 Å². The summed E-state index contributed by atoms with van der Waals surface area (Å²) in [5.74, 6) is 0.876. The van der Waals surface area contributed by atoms with Crippen LogP contribution in [0.15, 0.2) is 65.1 Å². The van der Waals surface area contributed by atoms with Crippen molar-refractivity contribution in [3.05, 3.63) is 72.0 Å². The topological polar surface area (TPSA) is 45.4 Å². The van der Waals surface area contributed by atoms with E-state index < -0.39 is 0 Å². The molecule has 0 aliphatic rings. The van der Waals surface area contributed by atoms with Gasteiger partial charge in [-0.3, -0.25) is 0 Å². The molecule has 3 aromatic rings. The van der Waals surface area contributed by atoms with Crippen LogP contribution in [0.2, 0.25) is 0 Å². The molecule has 0 fully saturated rings. The van der Waals surface area contributed by atoms with Crippen LogP contribution in [0.4, 0.5) is 0 Å². The number of hydrogen-bond acceptors (Lipinski definition) is 3. The summed E-state index contributed by atoms with van der Waals surface area (Å²) >= 11 is 0. The van der Waals surface area contributed by atoms with Crippen LogP contribution in [0.3, 0.4) is 0 Å². The first-order valence-corrected chi connectivity index (χ1v) is 6.73. The molecule has 0 aliphatic carbocycles. The van der Waals surface area contributed by atoms with Crippen LogP contribution in [-0.2, 0) is 6.54 Å². The number of hydrogen-bond donors (Lipinski definition) is 2. The van der Waals surface area contributed by atoms with Crippen molar-refractivity contribution in [3.63, 3.8) is 0 Å². The Bertz CT molecular complexity index is 643. The summed E-state index contributed by atoms with van der Waals surface area (Å²) in [5, 5.41) is 13.9. The van der Waals surface area contributed by atoms with E-state index in [0.29, 0.717) is 6.54 Å². The number of fused-ring (bicyclic) bond motifs is 1. The highest BCUT2D eigenvalue weighted by atomic mass is 16.3. The summed E-state index contributed by atoms with van der Waals surface area (Å²) in [6, 6.07) is 19.8. The van der Waals surface area contributed by atoms with Crippen LogP contribution in [0, 0.1) is 0 Å². The SMILES string of the molecule is OCC(NCc1cc2ccccc2o1)c1ccccc1. The third-order valence-corrected chi connectivity index (χ3v) is 3.38. The molecule has 2 aromatic carbocycles. The molecule has 0 aliphatic heterocycles. The molecule has 3 heteroatoms. The molecule has 0 amide bonds. The van der Waals surface area contributed by atoms with Gasteiger partial charge in [0, 0.05) is 5.39 Å². The monoisotopic (exact) mass is 267 g/mol. The summed E-state index contributed by atoms with van der Waals surface area (Å²) < 4.78 is 5.75. The number of furan rings is 1. The first kappa shape index (κ1) is 12.9. The second-order valence-corrected chi connectivity index (χ2v) is 4.78. The molecule has 2 N–H and O–H groups in total. The fourth-order valence-electron chi connectivity index (χ4n) is 2.32. The summed E-state index contributed by atoms with van der Waals surface area (Å²) in [5.41, 5.74) is 1.97. The van der Waals surface area contributed by atoms with Gasteiger partial charge in [0.15, 0.2) is 0 Å². The minimum Gasteiger partial charge on any atom is -0.460 e. The van der Waals surface area contributed by atoms with E-state index in [1.165, 1.54) is 0 Å². The van der Waals surface area contributed by atoms with Gasteiger partial charge in [-0.15, -0.1) is 0 Å². The summed E-state index contributed by atoms with van der Waals surface area (Å²) in [4.78, 5) is 0. The smallest absolute Gasteiger partial charge is 0.134 e. The molecule has 3 rings (SSSR count). The van der Waals surface area contributed by atoms with Crippen molar-refractivity contribution in [2.75, 3.05) is 6.61 Å². The predicted octanol–water partition coefficient (Wildman–Crippen LogP) is 3.26. The lowest BCUT2D eigenvalue weighted by Crippen LogP contribution is -2.23. The third-order valence-electron chi connectivity index (χ3n) is 3.38. The first-order valence-electron chi connectivity index (χ1n) is 6.73. The van der Waals surface area contributed by atoms with E-state index >= 15 is 0 Å². The van der Waals surface area contributed by atoms with Gasteiger partial charge in [-0.1, -0.05) is 48.5 Å². The van der Waals surface area contributed by atoms with Gasteiger partial charge < -0.3 is 14.8 Å². The average molecular weight is 267 g/mol. The predicted molar refractivity (Wildman–Crippen MR) is 79.3 cm³/mol. The van der Waals surface area contributed by atoms with Gasteiger partial charge in [-0.05, 0) is 17.7 Å². The minimum absolute atomic E-state index is 0.0598. The molecule has 20 heavy (non-hydrogen) atoms. The fourth-order valence-corrected chi connectivity index (χ4v) is 2.32. The van der Waals surface area contributed by atoms with Gasteiger partial charge in [0.05, 0.1) is 19.2 Å². The lowest BCUT2D eigenvalue weighted by Gasteiger charge is -2.15. The average Bonchev–Trinajstić information content (AvgIpc) is 2.92. The molecule has 0 spiro atoms. The van der Waals surface area contributed by atoms with Crippen LogP contribution >= 0.6 is 0 Å². The van der Waals surface area contributed by atoms with E-state index in [0.717, 1.165) is 22.3 Å². The minimum atomic E-state index is -0.0792. The number of para-hydroxylation sites is 1. The Morgan fingerprint density at radius 2 is 1.75 bits per heavy atom. The van der Waals surface area contributed by atoms with E-state index in [-0.39, 0.29) is 12.6 Å². The Morgan fingerprint density at radius 1 is 1.00 bits per heavy atom. The number of rotatable bonds is 5. The van der Waals surface area contributed by atoms with Gasteiger partial charge in [-0.2, -0.15) is 0 Å². The number of aliphatic hydroxyl groups is 1. The number of aliphatic hydroxyl groups excluding tert-OH is 1. The van der Waals surface area contributed by atoms with Crippen molar-refractivity contribution in [2.45, 2.75) is 12.6 Å². The van der Waals surface area contributed by atoms with E-state index in [1.807, 2.05) is 60.7 Å². The maximum atomic E-state index is 9.50. The lowest BCUT2D eigenvalue weighted by molar-refractivity contribution is 0.241. The van der Waals surface area contributed by atoms with Crippen molar-refractivity contribution in [1.82, 2.24) is 5.32 Å². The van der Waals surface area contributed by atoms with Crippen molar-refractivity contribution in [2.24, 2.45) is 0 Å². The number of nitrogens with one attached hydrogen (secondary N) is 1. The zero-order valence-electron chi connectivity index (χ0n) is 11.1. The maximum absolute atomic E-state index is 9.50. The van der Waals surface area contributed by atoms with Crippen LogP contribution < -0.4 is 5.32 Å². The van der Waals surface area contributed by atoms with Crippen molar-refractivity contribution in [3.8, 4) is 0 Å². The molecule has 1 unspecified atom stereocenters. The molecular formula is C17H17NO2. The molecular weight excluding hydrogens is 250 g/mol. The van der Waals surface area contributed by atoms with Gasteiger partial charge in [0.25, 0.3) is 0 Å². The van der Waals surface area contributed by atoms with Crippen molar-refractivity contribution in [1.29, 1.82) is 0 Å². The summed E-state index contributed by atoms with van der Waals surface area (Å²) in [6.07, 6.45) is 0. The standard InChI is InChI=1S/C17H17NO2/c19-12-16(13-6-2-1-3-7-13)18-11-15-10-14-8-4-5-9-17(14)20-15/h1-10,16,18-19H,11-12H2. The highest BCUT2D eigenvalue weighted by Crippen LogP contribution is 2.19. The van der Waals surface area contributed by atoms with Gasteiger partial charge in [-0.25, -0.2) is 0 Å². The quantitative estimate of drug-likeness (QED) is 0.746. The van der Waals surface area contributed by atoms with Crippen LogP contribution in [0.5, 0.6) is 0 Å². The third kappa shape index (κ3) is 2.74. The molecule has 102 valence electrons. The van der Waals surface area contributed by atoms with E-state index in [1.54, 1.807) is 0 Å². The second-order valence-electron chi connectivity index (χ2n) is 4.78. The fraction of sp³-hybridized carbons (Fsp3) is 0.176. The maximum Gasteiger partial charge on any atom is 0.134 e. The Balaban J connectivity index is 1.71. The van der Waals surface area contributed by atoms with Crippen LogP contribution in [0.1, 0.15) is 17.4 Å². The highest BCUT2D eigenvalue weighted by Gasteiger charge is 2.10. The molecule has 1 atom stereocenters. The molecule has 3 nitrogen and oxygen atoms in total. The Hall–Kier alpha value is -2.10. The van der Waals surface area contributed by atoms with E-state index in [9.17, 15) is 5.11 Å². The van der Waals surface area contributed by atoms with Gasteiger partial charge in [0.1, 0.15) is 11.3 Å². The highest BCUT2D eigenvalue weighted by molar-refractivity contribution is 5.77. The van der Waals surface area contributed by atoms with Crippen molar-refractivity contribution < 1.29 is 9.52 Å². The summed E-state index contributed by atoms with van der Waals surface area (Å²) in [7, 11) is 0. The van der Waals surface area contributed by atoms with E-state index in [4.69, 9.17) is 4.42 Å². The molecule has 0 saturated heterocycles. The van der Waals surface area contributed by atoms with Crippen molar-refractivity contribution >= 4 is 11.0 Å². The Kier molecular flexibility index (Phi) is 3.81. The molecule has 1 aromatic heterocycles. The largest absolute Gasteiger partial charge is 0.460 e. The first-order chi connectivity index (χ1) is 9.86. The molecule has 0 radical (unpaired) electrons. The second kappa shape index (κ2) is 5.90. The zero-order chi connectivity index (χ0) is 13.8. The lowest BCUT2D eigenvalue weighted by atomic mass is 10.1. The van der Waals surface area contributed by atoms with Gasteiger partial charge >= 0.3 is 0 Å². The van der Waals surface area contributed by atoms with E-state index in [2.05, 4.69) is 5.32 Å². The Morgan fingerprint density at radius 3 is 2.50 bits per heavy atom. The summed E-state index contributed by atoms with van der Waals surface area (Å²) in [6.45, 7) is 0.652. The zero-order valence-corrected chi connectivity index (χ0v) is 11.1. The molecule has 0 saturated carbocycles. The normalized spacial score (nSPS) is 12.7. The van der Waals surface area contributed by atoms with Crippen LogP contribution in [-0.4, -0.2) is 11.7 Å². The number of benzene rings is 2. The molecule has 0 bridgehead atoms.